The Kier molecular flexibility index (Phi) is 4.02. The molecular formula is C13H18BrN3O. The number of hydrogen-bond donors (Lipinski definition) is 1. The lowest BCUT2D eigenvalue weighted by Crippen LogP contribution is -2.35. The van der Waals surface area contributed by atoms with E-state index in [4.69, 9.17) is 5.73 Å². The van der Waals surface area contributed by atoms with Crippen molar-refractivity contribution in [2.24, 2.45) is 11.7 Å². The number of amides is 1. The summed E-state index contributed by atoms with van der Waals surface area (Å²) in [5.41, 5.74) is 6.96. The van der Waals surface area contributed by atoms with Gasteiger partial charge in [-0.05, 0) is 34.0 Å². The maximum atomic E-state index is 12.0. The summed E-state index contributed by atoms with van der Waals surface area (Å²) in [5, 5.41) is 0. The van der Waals surface area contributed by atoms with Gasteiger partial charge in [0.1, 0.15) is 0 Å². The lowest BCUT2D eigenvalue weighted by atomic mass is 10.1. The van der Waals surface area contributed by atoms with E-state index < -0.39 is 0 Å². The summed E-state index contributed by atoms with van der Waals surface area (Å²) in [7, 11) is 0. The standard InChI is InChI=1S/C13H18BrN3O/c1-8(2)7-17-12(18)5-10(15)13(17)11-4-3-9(14)6-16-11/h3-4,6,8,10,13H,5,7,15H2,1-2H3. The van der Waals surface area contributed by atoms with E-state index in [9.17, 15) is 4.79 Å². The third kappa shape index (κ3) is 2.72. The van der Waals surface area contributed by atoms with Gasteiger partial charge >= 0.3 is 0 Å². The number of pyridine rings is 1. The molecule has 1 aromatic heterocycles. The first-order valence-corrected chi connectivity index (χ1v) is 6.95. The minimum absolute atomic E-state index is 0.0898. The van der Waals surface area contributed by atoms with Gasteiger partial charge in [0.05, 0.1) is 11.7 Å². The Bertz CT molecular complexity index is 432. The van der Waals surface area contributed by atoms with Crippen LogP contribution in [0.2, 0.25) is 0 Å². The molecule has 1 saturated heterocycles. The van der Waals surface area contributed by atoms with Gasteiger partial charge in [-0.3, -0.25) is 9.78 Å². The summed E-state index contributed by atoms with van der Waals surface area (Å²) in [5.74, 6) is 0.558. The Balaban J connectivity index is 2.27. The van der Waals surface area contributed by atoms with Gasteiger partial charge in [-0.25, -0.2) is 0 Å². The number of aromatic nitrogens is 1. The SMILES string of the molecule is CC(C)CN1C(=O)CC(N)C1c1ccc(Br)cn1. The predicted molar refractivity (Wildman–Crippen MR) is 73.8 cm³/mol. The van der Waals surface area contributed by atoms with E-state index >= 15 is 0 Å². The summed E-state index contributed by atoms with van der Waals surface area (Å²) in [4.78, 5) is 18.2. The molecule has 0 spiro atoms. The van der Waals surface area contributed by atoms with Crippen molar-refractivity contribution < 1.29 is 4.79 Å². The molecule has 5 heteroatoms. The highest BCUT2D eigenvalue weighted by Crippen LogP contribution is 2.31. The number of hydrogen-bond acceptors (Lipinski definition) is 3. The third-order valence-corrected chi connectivity index (χ3v) is 3.56. The van der Waals surface area contributed by atoms with E-state index in [1.54, 1.807) is 6.20 Å². The van der Waals surface area contributed by atoms with Crippen LogP contribution in [0.25, 0.3) is 0 Å². The van der Waals surface area contributed by atoms with Crippen molar-refractivity contribution in [3.05, 3.63) is 28.5 Å². The van der Waals surface area contributed by atoms with E-state index in [-0.39, 0.29) is 18.0 Å². The molecule has 2 unspecified atom stereocenters. The van der Waals surface area contributed by atoms with Crippen molar-refractivity contribution in [3.63, 3.8) is 0 Å². The number of likely N-dealkylation sites (tertiary alicyclic amines) is 1. The molecule has 2 rings (SSSR count). The number of carbonyl (C=O) groups is 1. The van der Waals surface area contributed by atoms with Crippen LogP contribution in [0.4, 0.5) is 0 Å². The molecule has 1 amide bonds. The third-order valence-electron chi connectivity index (χ3n) is 3.09. The van der Waals surface area contributed by atoms with Crippen LogP contribution < -0.4 is 5.73 Å². The largest absolute Gasteiger partial charge is 0.332 e. The second kappa shape index (κ2) is 5.36. The fourth-order valence-electron chi connectivity index (χ4n) is 2.37. The van der Waals surface area contributed by atoms with Crippen molar-refractivity contribution in [2.45, 2.75) is 32.4 Å². The zero-order valence-corrected chi connectivity index (χ0v) is 12.2. The van der Waals surface area contributed by atoms with Gasteiger partial charge in [-0.2, -0.15) is 0 Å². The highest BCUT2D eigenvalue weighted by atomic mass is 79.9. The molecule has 0 radical (unpaired) electrons. The minimum atomic E-state index is -0.162. The first kappa shape index (κ1) is 13.5. The molecule has 98 valence electrons. The van der Waals surface area contributed by atoms with Gasteiger partial charge < -0.3 is 10.6 Å². The molecule has 4 nitrogen and oxygen atoms in total. The summed E-state index contributed by atoms with van der Waals surface area (Å²) in [6.45, 7) is 4.93. The maximum Gasteiger partial charge on any atom is 0.224 e. The molecule has 18 heavy (non-hydrogen) atoms. The molecule has 2 atom stereocenters. The van der Waals surface area contributed by atoms with Gasteiger partial charge in [0.2, 0.25) is 5.91 Å². The fraction of sp³-hybridized carbons (Fsp3) is 0.538. The van der Waals surface area contributed by atoms with Crippen LogP contribution in [0.3, 0.4) is 0 Å². The van der Waals surface area contributed by atoms with E-state index in [1.807, 2.05) is 17.0 Å². The lowest BCUT2D eigenvalue weighted by molar-refractivity contribution is -0.129. The fourth-order valence-corrected chi connectivity index (χ4v) is 2.60. The minimum Gasteiger partial charge on any atom is -0.332 e. The second-order valence-corrected chi connectivity index (χ2v) is 6.07. The topological polar surface area (TPSA) is 59.2 Å². The number of rotatable bonds is 3. The summed E-state index contributed by atoms with van der Waals surface area (Å²) in [6.07, 6.45) is 2.16. The highest BCUT2D eigenvalue weighted by Gasteiger charge is 2.39. The number of halogens is 1. The van der Waals surface area contributed by atoms with Crippen molar-refractivity contribution in [1.29, 1.82) is 0 Å². The van der Waals surface area contributed by atoms with Gasteiger partial charge in [0.15, 0.2) is 0 Å². The van der Waals surface area contributed by atoms with Gasteiger partial charge in [-0.1, -0.05) is 13.8 Å². The Morgan fingerprint density at radius 1 is 1.56 bits per heavy atom. The number of carbonyl (C=O) groups excluding carboxylic acids is 1. The zero-order chi connectivity index (χ0) is 13.3. The van der Waals surface area contributed by atoms with Crippen LogP contribution >= 0.6 is 15.9 Å². The molecule has 0 saturated carbocycles. The van der Waals surface area contributed by atoms with Crippen LogP contribution in [-0.2, 0) is 4.79 Å². The van der Waals surface area contributed by atoms with Gasteiger partial charge in [0, 0.05) is 29.7 Å². The second-order valence-electron chi connectivity index (χ2n) is 5.15. The molecule has 2 N–H and O–H groups in total. The molecule has 0 aliphatic carbocycles. The molecule has 1 fully saturated rings. The average molecular weight is 312 g/mol. The van der Waals surface area contributed by atoms with Crippen molar-refractivity contribution in [2.75, 3.05) is 6.54 Å². The molecule has 1 aliphatic heterocycles. The molecular weight excluding hydrogens is 294 g/mol. The number of nitrogens with two attached hydrogens (primary N) is 1. The van der Waals surface area contributed by atoms with E-state index in [1.165, 1.54) is 0 Å². The Morgan fingerprint density at radius 3 is 2.83 bits per heavy atom. The maximum absolute atomic E-state index is 12.0. The predicted octanol–water partition coefficient (Wildman–Crippen LogP) is 2.10. The molecule has 0 aromatic carbocycles. The van der Waals surface area contributed by atoms with Crippen molar-refractivity contribution in [1.82, 2.24) is 9.88 Å². The average Bonchev–Trinajstić information content (AvgIpc) is 2.55. The molecule has 2 heterocycles. The zero-order valence-electron chi connectivity index (χ0n) is 10.6. The highest BCUT2D eigenvalue weighted by molar-refractivity contribution is 9.10. The van der Waals surface area contributed by atoms with E-state index in [2.05, 4.69) is 34.8 Å². The van der Waals surface area contributed by atoms with E-state index in [0.717, 1.165) is 16.7 Å². The number of nitrogens with zero attached hydrogens (tertiary/aromatic N) is 2. The van der Waals surface area contributed by atoms with Crippen LogP contribution in [0.1, 0.15) is 32.0 Å². The van der Waals surface area contributed by atoms with Crippen molar-refractivity contribution >= 4 is 21.8 Å². The van der Waals surface area contributed by atoms with Crippen LogP contribution in [0, 0.1) is 5.92 Å². The molecule has 0 bridgehead atoms. The Labute approximate surface area is 116 Å². The Morgan fingerprint density at radius 2 is 2.28 bits per heavy atom. The first-order valence-electron chi connectivity index (χ1n) is 6.15. The summed E-state index contributed by atoms with van der Waals surface area (Å²) < 4.78 is 0.930. The molecule has 1 aromatic rings. The Hall–Kier alpha value is -0.940. The monoisotopic (exact) mass is 311 g/mol. The normalized spacial score (nSPS) is 24.1. The first-order chi connectivity index (χ1) is 8.49. The summed E-state index contributed by atoms with van der Waals surface area (Å²) >= 11 is 3.36. The quantitative estimate of drug-likeness (QED) is 0.930. The lowest BCUT2D eigenvalue weighted by Gasteiger charge is -2.28. The smallest absolute Gasteiger partial charge is 0.224 e. The molecule has 1 aliphatic rings. The summed E-state index contributed by atoms with van der Waals surface area (Å²) in [6, 6.07) is 3.62. The van der Waals surface area contributed by atoms with Gasteiger partial charge in [0.25, 0.3) is 0 Å². The van der Waals surface area contributed by atoms with Gasteiger partial charge in [-0.15, -0.1) is 0 Å². The van der Waals surface area contributed by atoms with Crippen LogP contribution in [-0.4, -0.2) is 28.4 Å². The van der Waals surface area contributed by atoms with Crippen molar-refractivity contribution in [3.8, 4) is 0 Å². The van der Waals surface area contributed by atoms with Crippen LogP contribution in [0.15, 0.2) is 22.8 Å². The van der Waals surface area contributed by atoms with Crippen LogP contribution in [0.5, 0.6) is 0 Å². The van der Waals surface area contributed by atoms with E-state index in [0.29, 0.717) is 12.3 Å².